The highest BCUT2D eigenvalue weighted by Crippen LogP contribution is 2.52. The Kier molecular flexibility index (Phi) is 2.95. The molecule has 0 saturated carbocycles. The van der Waals surface area contributed by atoms with Gasteiger partial charge in [0.25, 0.3) is 0 Å². The molecular weight excluding hydrogens is 282 g/mol. The quantitative estimate of drug-likeness (QED) is 0.641. The average Bonchev–Trinajstić information content (AvgIpc) is 2.57. The van der Waals surface area contributed by atoms with Gasteiger partial charge in [0, 0.05) is 11.1 Å². The number of phenols is 1. The van der Waals surface area contributed by atoms with Crippen molar-refractivity contribution >= 4 is 17.1 Å². The van der Waals surface area contributed by atoms with Crippen molar-refractivity contribution in [3.8, 4) is 5.75 Å². The van der Waals surface area contributed by atoms with E-state index in [1.807, 2.05) is 18.2 Å². The number of anilines is 3. The van der Waals surface area contributed by atoms with Crippen molar-refractivity contribution in [1.82, 2.24) is 0 Å². The standard InChI is InChI=1S/C21H19NO/c1-21(2)17-10-6-7-11-19(17)22(15-8-4-3-5-9-15)20-13-12-16(23)14-18(20)21/h3-14,23H,1-2H3. The van der Waals surface area contributed by atoms with Crippen LogP contribution in [0.1, 0.15) is 25.0 Å². The molecule has 0 radical (unpaired) electrons. The molecule has 3 aromatic carbocycles. The molecule has 0 fully saturated rings. The summed E-state index contributed by atoms with van der Waals surface area (Å²) in [6.45, 7) is 4.43. The van der Waals surface area contributed by atoms with Crippen LogP contribution in [-0.4, -0.2) is 5.11 Å². The van der Waals surface area contributed by atoms with Crippen LogP contribution in [0.25, 0.3) is 0 Å². The Morgan fingerprint density at radius 1 is 0.739 bits per heavy atom. The Bertz CT molecular complexity index is 868. The lowest BCUT2D eigenvalue weighted by Gasteiger charge is -2.42. The first-order valence-corrected chi connectivity index (χ1v) is 7.87. The number of hydrogen-bond donors (Lipinski definition) is 1. The van der Waals surface area contributed by atoms with Gasteiger partial charge >= 0.3 is 0 Å². The Hall–Kier alpha value is -2.74. The van der Waals surface area contributed by atoms with Gasteiger partial charge in [-0.15, -0.1) is 0 Å². The second-order valence-electron chi connectivity index (χ2n) is 6.51. The van der Waals surface area contributed by atoms with Crippen molar-refractivity contribution in [1.29, 1.82) is 0 Å². The van der Waals surface area contributed by atoms with Crippen LogP contribution in [0.4, 0.5) is 17.1 Å². The second kappa shape index (κ2) is 4.88. The van der Waals surface area contributed by atoms with Gasteiger partial charge in [0.05, 0.1) is 11.4 Å². The molecule has 1 aliphatic heterocycles. The SMILES string of the molecule is CC1(C)c2ccccc2N(c2ccccc2)c2ccc(O)cc21. The molecule has 0 aliphatic carbocycles. The minimum atomic E-state index is -0.157. The van der Waals surface area contributed by atoms with E-state index in [0.717, 1.165) is 16.9 Å². The molecule has 2 heteroatoms. The number of phenolic OH excluding ortho intramolecular Hbond substituents is 1. The molecule has 0 saturated heterocycles. The molecule has 0 bridgehead atoms. The molecule has 1 heterocycles. The summed E-state index contributed by atoms with van der Waals surface area (Å²) in [5, 5.41) is 10.0. The number of aromatic hydroxyl groups is 1. The maximum atomic E-state index is 10.0. The zero-order valence-corrected chi connectivity index (χ0v) is 13.3. The van der Waals surface area contributed by atoms with Gasteiger partial charge in [-0.1, -0.05) is 50.2 Å². The molecule has 3 aromatic rings. The monoisotopic (exact) mass is 301 g/mol. The number of benzene rings is 3. The van der Waals surface area contributed by atoms with Gasteiger partial charge in [-0.2, -0.15) is 0 Å². The summed E-state index contributed by atoms with van der Waals surface area (Å²) in [5.74, 6) is 0.309. The van der Waals surface area contributed by atoms with Gasteiger partial charge in [-0.05, 0) is 47.5 Å². The number of hydrogen-bond acceptors (Lipinski definition) is 2. The first kappa shape index (κ1) is 13.9. The average molecular weight is 301 g/mol. The molecule has 0 atom stereocenters. The molecule has 0 spiro atoms. The number of para-hydroxylation sites is 2. The normalized spacial score (nSPS) is 15.0. The minimum absolute atomic E-state index is 0.157. The lowest BCUT2D eigenvalue weighted by atomic mass is 9.73. The van der Waals surface area contributed by atoms with Crippen LogP contribution >= 0.6 is 0 Å². The highest BCUT2D eigenvalue weighted by molar-refractivity contribution is 5.86. The molecule has 114 valence electrons. The molecule has 0 aromatic heterocycles. The summed E-state index contributed by atoms with van der Waals surface area (Å²) >= 11 is 0. The third-order valence-corrected chi connectivity index (χ3v) is 4.73. The maximum Gasteiger partial charge on any atom is 0.116 e. The summed E-state index contributed by atoms with van der Waals surface area (Å²) < 4.78 is 0. The van der Waals surface area contributed by atoms with Crippen molar-refractivity contribution in [2.45, 2.75) is 19.3 Å². The van der Waals surface area contributed by atoms with E-state index in [0.29, 0.717) is 5.75 Å². The Labute approximate surface area is 136 Å². The molecule has 1 N–H and O–H groups in total. The summed E-state index contributed by atoms with van der Waals surface area (Å²) in [7, 11) is 0. The molecule has 23 heavy (non-hydrogen) atoms. The minimum Gasteiger partial charge on any atom is -0.508 e. The Balaban J connectivity index is 2.06. The van der Waals surface area contributed by atoms with Crippen molar-refractivity contribution in [2.75, 3.05) is 4.90 Å². The largest absolute Gasteiger partial charge is 0.508 e. The van der Waals surface area contributed by atoms with E-state index in [2.05, 4.69) is 67.3 Å². The summed E-state index contributed by atoms with van der Waals surface area (Å²) in [5.41, 5.74) is 5.69. The van der Waals surface area contributed by atoms with E-state index in [1.165, 1.54) is 11.3 Å². The molecule has 4 rings (SSSR count). The fraction of sp³-hybridized carbons (Fsp3) is 0.143. The molecule has 0 unspecified atom stereocenters. The Morgan fingerprint density at radius 2 is 1.39 bits per heavy atom. The predicted molar refractivity (Wildman–Crippen MR) is 94.9 cm³/mol. The smallest absolute Gasteiger partial charge is 0.116 e. The van der Waals surface area contributed by atoms with Gasteiger partial charge in [0.2, 0.25) is 0 Å². The summed E-state index contributed by atoms with van der Waals surface area (Å²) in [6, 6.07) is 24.5. The van der Waals surface area contributed by atoms with Crippen LogP contribution in [0, 0.1) is 0 Å². The number of rotatable bonds is 1. The van der Waals surface area contributed by atoms with E-state index in [9.17, 15) is 5.11 Å². The van der Waals surface area contributed by atoms with Crippen LogP contribution in [0.5, 0.6) is 5.75 Å². The maximum absolute atomic E-state index is 10.0. The van der Waals surface area contributed by atoms with Gasteiger partial charge < -0.3 is 10.0 Å². The van der Waals surface area contributed by atoms with Crippen LogP contribution in [-0.2, 0) is 5.41 Å². The topological polar surface area (TPSA) is 23.5 Å². The summed E-state index contributed by atoms with van der Waals surface area (Å²) in [4.78, 5) is 2.27. The van der Waals surface area contributed by atoms with E-state index in [1.54, 1.807) is 6.07 Å². The van der Waals surface area contributed by atoms with Gasteiger partial charge in [-0.3, -0.25) is 0 Å². The van der Waals surface area contributed by atoms with E-state index in [-0.39, 0.29) is 5.41 Å². The van der Waals surface area contributed by atoms with Gasteiger partial charge in [0.15, 0.2) is 0 Å². The van der Waals surface area contributed by atoms with E-state index < -0.39 is 0 Å². The van der Waals surface area contributed by atoms with Crippen LogP contribution in [0.2, 0.25) is 0 Å². The first-order chi connectivity index (χ1) is 11.1. The van der Waals surface area contributed by atoms with Crippen molar-refractivity contribution < 1.29 is 5.11 Å². The fourth-order valence-corrected chi connectivity index (χ4v) is 3.55. The van der Waals surface area contributed by atoms with E-state index in [4.69, 9.17) is 0 Å². The predicted octanol–water partition coefficient (Wildman–Crippen LogP) is 5.50. The van der Waals surface area contributed by atoms with Gasteiger partial charge in [0.1, 0.15) is 5.75 Å². The molecule has 1 aliphatic rings. The zero-order valence-electron chi connectivity index (χ0n) is 13.3. The van der Waals surface area contributed by atoms with Crippen molar-refractivity contribution in [2.24, 2.45) is 0 Å². The lowest BCUT2D eigenvalue weighted by Crippen LogP contribution is -2.30. The van der Waals surface area contributed by atoms with E-state index >= 15 is 0 Å². The number of nitrogens with zero attached hydrogens (tertiary/aromatic N) is 1. The molecular formula is C21H19NO. The molecule has 2 nitrogen and oxygen atoms in total. The number of fused-ring (bicyclic) bond motifs is 2. The first-order valence-electron chi connectivity index (χ1n) is 7.87. The van der Waals surface area contributed by atoms with Crippen molar-refractivity contribution in [3.63, 3.8) is 0 Å². The van der Waals surface area contributed by atoms with Crippen LogP contribution < -0.4 is 4.90 Å². The van der Waals surface area contributed by atoms with Crippen molar-refractivity contribution in [3.05, 3.63) is 83.9 Å². The third kappa shape index (κ3) is 2.02. The van der Waals surface area contributed by atoms with Crippen LogP contribution in [0.15, 0.2) is 72.8 Å². The third-order valence-electron chi connectivity index (χ3n) is 4.73. The zero-order chi connectivity index (χ0) is 16.0. The highest BCUT2D eigenvalue weighted by Gasteiger charge is 2.36. The highest BCUT2D eigenvalue weighted by atomic mass is 16.3. The second-order valence-corrected chi connectivity index (χ2v) is 6.51. The van der Waals surface area contributed by atoms with Gasteiger partial charge in [-0.25, -0.2) is 0 Å². The Morgan fingerprint density at radius 3 is 2.17 bits per heavy atom. The fourth-order valence-electron chi connectivity index (χ4n) is 3.55. The van der Waals surface area contributed by atoms with Crippen LogP contribution in [0.3, 0.4) is 0 Å². The molecule has 0 amide bonds. The summed E-state index contributed by atoms with van der Waals surface area (Å²) in [6.07, 6.45) is 0. The lowest BCUT2D eigenvalue weighted by molar-refractivity contribution is 0.472.